The monoisotopic (exact) mass is 805 g/mol. The Bertz CT molecular complexity index is 1980. The maximum absolute atomic E-state index is 14.5. The molecule has 3 heterocycles. The quantitative estimate of drug-likeness (QED) is 0.344. The van der Waals surface area contributed by atoms with Gasteiger partial charge in [0.05, 0.1) is 18.6 Å². The number of benzene rings is 2. The second-order valence-corrected chi connectivity index (χ2v) is 17.3. The van der Waals surface area contributed by atoms with Gasteiger partial charge in [0.15, 0.2) is 0 Å². The molecule has 0 spiro atoms. The van der Waals surface area contributed by atoms with Crippen molar-refractivity contribution in [1.82, 2.24) is 25.2 Å². The molecule has 5 amide bonds. The van der Waals surface area contributed by atoms with Gasteiger partial charge in [0.2, 0.25) is 11.8 Å². The molecular weight excluding hydrogens is 755 g/mol. The molecule has 5 atom stereocenters. The maximum Gasteiger partial charge on any atom is 0.410 e. The predicted octanol–water partition coefficient (Wildman–Crippen LogP) is 4.10. The van der Waals surface area contributed by atoms with Crippen molar-refractivity contribution in [3.8, 4) is 5.75 Å². The third kappa shape index (κ3) is 9.21. The number of fused-ring (bicyclic) bond motifs is 3. The topological polar surface area (TPSA) is 190 Å². The van der Waals surface area contributed by atoms with Crippen LogP contribution >= 0.6 is 0 Å². The predicted molar refractivity (Wildman–Crippen MR) is 206 cm³/mol. The fourth-order valence-corrected chi connectivity index (χ4v) is 9.43. The zero-order chi connectivity index (χ0) is 40.2. The van der Waals surface area contributed by atoms with E-state index in [0.29, 0.717) is 44.5 Å². The summed E-state index contributed by atoms with van der Waals surface area (Å²) in [6, 6.07) is 11.2. The summed E-state index contributed by atoms with van der Waals surface area (Å²) in [6.45, 7) is 0.670. The van der Waals surface area contributed by atoms with Gasteiger partial charge in [0.1, 0.15) is 35.6 Å². The van der Waals surface area contributed by atoms with Crippen molar-refractivity contribution in [1.29, 1.82) is 0 Å². The number of ether oxygens (including phenoxy) is 3. The Morgan fingerprint density at radius 3 is 2.39 bits per heavy atom. The molecule has 0 aromatic heterocycles. The molecule has 5 aliphatic rings. The van der Waals surface area contributed by atoms with E-state index in [-0.39, 0.29) is 30.4 Å². The molecule has 16 heteroatoms. The van der Waals surface area contributed by atoms with Crippen LogP contribution < -0.4 is 20.1 Å². The Morgan fingerprint density at radius 1 is 0.895 bits per heavy atom. The molecule has 0 unspecified atom stereocenters. The van der Waals surface area contributed by atoms with Crippen molar-refractivity contribution in [3.63, 3.8) is 0 Å². The molecule has 2 aliphatic carbocycles. The molecule has 0 bridgehead atoms. The smallest absolute Gasteiger partial charge is 0.410 e. The summed E-state index contributed by atoms with van der Waals surface area (Å²) in [5.74, 6) is -2.24. The van der Waals surface area contributed by atoms with Crippen molar-refractivity contribution >= 4 is 39.9 Å². The first-order valence-corrected chi connectivity index (χ1v) is 21.4. The van der Waals surface area contributed by atoms with Crippen LogP contribution in [0.15, 0.2) is 65.6 Å². The summed E-state index contributed by atoms with van der Waals surface area (Å²) < 4.78 is 45.7. The molecule has 1 saturated heterocycles. The minimum Gasteiger partial charge on any atom is -0.497 e. The highest BCUT2D eigenvalue weighted by Crippen LogP contribution is 2.46. The molecule has 2 saturated carbocycles. The van der Waals surface area contributed by atoms with Crippen molar-refractivity contribution in [2.45, 2.75) is 118 Å². The number of amides is 5. The van der Waals surface area contributed by atoms with Crippen molar-refractivity contribution < 1.29 is 46.6 Å². The van der Waals surface area contributed by atoms with E-state index in [1.807, 2.05) is 36.4 Å². The van der Waals surface area contributed by atoms with Crippen LogP contribution in [0, 0.1) is 5.92 Å². The average molecular weight is 806 g/mol. The summed E-state index contributed by atoms with van der Waals surface area (Å²) in [4.78, 5) is 72.3. The number of nitrogens with zero attached hydrogens (tertiary/aromatic N) is 2. The number of alkyl carbamates (subject to hydrolysis) is 1. The second kappa shape index (κ2) is 17.2. The van der Waals surface area contributed by atoms with E-state index in [0.717, 1.165) is 49.7 Å². The fourth-order valence-electron chi connectivity index (χ4n) is 8.39. The van der Waals surface area contributed by atoms with Gasteiger partial charge in [-0.05, 0) is 93.2 Å². The van der Waals surface area contributed by atoms with E-state index in [1.54, 1.807) is 4.90 Å². The third-order valence-electron chi connectivity index (χ3n) is 11.8. The van der Waals surface area contributed by atoms with Crippen LogP contribution in [0.4, 0.5) is 9.59 Å². The Kier molecular flexibility index (Phi) is 12.1. The molecule has 306 valence electrons. The van der Waals surface area contributed by atoms with Crippen molar-refractivity contribution in [2.24, 2.45) is 5.92 Å². The number of carbonyl (C=O) groups is 5. The standard InChI is InChI=1S/C41H51N5O10S/c1-54-30-17-19-33(20-18-30)57(52,53)44-38(49)41-24-29(41)13-5-3-2-4-6-16-34(42-39(50)55-31-14-9-10-15-31)37(48)46-26-32(23-35(46)36(47)43-41)56-40(51)45-22-21-27-11-7-8-12-28(27)25-45/h5,7-8,11-13,17-20,29,31-32,34-35H,2-4,6,9-10,14-16,21-26H2,1H3,(H,42,50)(H,43,47)(H,44,49)/b13-5-/t29-,32+,34-,35-,41-/m0/s1. The van der Waals surface area contributed by atoms with E-state index in [1.165, 1.54) is 36.3 Å². The van der Waals surface area contributed by atoms with E-state index < -0.39 is 69.6 Å². The lowest BCUT2D eigenvalue weighted by Gasteiger charge is -2.30. The molecular formula is C41H51N5O10S. The van der Waals surface area contributed by atoms with Crippen LogP contribution in [0.5, 0.6) is 5.75 Å². The van der Waals surface area contributed by atoms with Gasteiger partial charge in [-0.1, -0.05) is 49.3 Å². The van der Waals surface area contributed by atoms with E-state index in [4.69, 9.17) is 14.2 Å². The number of methoxy groups -OCH3 is 1. The Labute approximate surface area is 332 Å². The molecule has 57 heavy (non-hydrogen) atoms. The first-order chi connectivity index (χ1) is 27.5. The zero-order valence-electron chi connectivity index (χ0n) is 32.2. The lowest BCUT2D eigenvalue weighted by atomic mass is 10.0. The number of nitrogens with one attached hydrogen (secondary N) is 3. The summed E-state index contributed by atoms with van der Waals surface area (Å²) in [5.41, 5.74) is 0.544. The van der Waals surface area contributed by atoms with Crippen molar-refractivity contribution in [3.05, 3.63) is 71.8 Å². The average Bonchev–Trinajstić information content (AvgIpc) is 3.46. The molecule has 3 fully saturated rings. The summed E-state index contributed by atoms with van der Waals surface area (Å²) in [5, 5.41) is 5.60. The number of rotatable bonds is 7. The lowest BCUT2D eigenvalue weighted by molar-refractivity contribution is -0.141. The molecule has 7 rings (SSSR count). The molecule has 15 nitrogen and oxygen atoms in total. The minimum atomic E-state index is -4.34. The molecule has 2 aromatic rings. The fraction of sp³-hybridized carbons (Fsp3) is 0.537. The van der Waals surface area contributed by atoms with Crippen LogP contribution in [-0.4, -0.2) is 98.2 Å². The number of hydrogen-bond donors (Lipinski definition) is 3. The summed E-state index contributed by atoms with van der Waals surface area (Å²) >= 11 is 0. The first kappa shape index (κ1) is 40.1. The Balaban J connectivity index is 1.13. The van der Waals surface area contributed by atoms with Gasteiger partial charge in [0, 0.05) is 25.4 Å². The van der Waals surface area contributed by atoms with E-state index >= 15 is 0 Å². The highest BCUT2D eigenvalue weighted by Gasteiger charge is 2.61. The maximum atomic E-state index is 14.5. The normalized spacial score (nSPS) is 27.3. The van der Waals surface area contributed by atoms with Gasteiger partial charge in [0.25, 0.3) is 15.9 Å². The molecule has 3 aliphatic heterocycles. The highest BCUT2D eigenvalue weighted by atomic mass is 32.2. The van der Waals surface area contributed by atoms with Crippen LogP contribution in [0.1, 0.15) is 81.8 Å². The van der Waals surface area contributed by atoms with Gasteiger partial charge >= 0.3 is 12.2 Å². The van der Waals surface area contributed by atoms with Crippen LogP contribution in [0.2, 0.25) is 0 Å². The van der Waals surface area contributed by atoms with Crippen LogP contribution in [-0.2, 0) is 46.8 Å². The van der Waals surface area contributed by atoms with E-state index in [9.17, 15) is 32.4 Å². The van der Waals surface area contributed by atoms with Gasteiger partial charge < -0.3 is 34.6 Å². The van der Waals surface area contributed by atoms with Crippen LogP contribution in [0.25, 0.3) is 0 Å². The minimum absolute atomic E-state index is 0.0741. The number of carbonyl (C=O) groups excluding carboxylic acids is 5. The molecule has 0 radical (unpaired) electrons. The van der Waals surface area contributed by atoms with Crippen LogP contribution in [0.3, 0.4) is 0 Å². The Morgan fingerprint density at radius 2 is 1.63 bits per heavy atom. The lowest BCUT2D eigenvalue weighted by Crippen LogP contribution is -2.58. The van der Waals surface area contributed by atoms with Crippen molar-refractivity contribution in [2.75, 3.05) is 20.2 Å². The SMILES string of the molecule is COc1ccc(S(=O)(=O)NC(=O)[C@]23C[C@@H]2/C=C\CCCCC[C@H](NC(=O)OC2CCCC2)C(=O)N2C[C@H](OC(=O)N4CCc5ccccc5C4)C[C@H]2C(=O)N3)cc1. The zero-order valence-corrected chi connectivity index (χ0v) is 33.0. The number of allylic oxidation sites excluding steroid dienone is 1. The molecule has 3 N–H and O–H groups in total. The van der Waals surface area contributed by atoms with Gasteiger partial charge in [-0.2, -0.15) is 0 Å². The number of hydrogen-bond acceptors (Lipinski definition) is 10. The molecule has 2 aromatic carbocycles. The van der Waals surface area contributed by atoms with Gasteiger partial charge in [-0.3, -0.25) is 14.4 Å². The second-order valence-electron chi connectivity index (χ2n) is 15.6. The summed E-state index contributed by atoms with van der Waals surface area (Å²) in [6.07, 6.45) is 8.53. The van der Waals surface area contributed by atoms with Gasteiger partial charge in [-0.25, -0.2) is 22.7 Å². The first-order valence-electron chi connectivity index (χ1n) is 20.0. The number of sulfonamides is 1. The summed E-state index contributed by atoms with van der Waals surface area (Å²) in [7, 11) is -2.90. The highest BCUT2D eigenvalue weighted by molar-refractivity contribution is 7.90. The van der Waals surface area contributed by atoms with E-state index in [2.05, 4.69) is 15.4 Å². The Hall–Kier alpha value is -5.12. The third-order valence-corrected chi connectivity index (χ3v) is 13.1. The largest absolute Gasteiger partial charge is 0.497 e. The van der Waals surface area contributed by atoms with Gasteiger partial charge in [-0.15, -0.1) is 0 Å².